The number of Topliss-reactive ketones (excluding diaryl/α,β-unsaturated/α-hetero) is 2. The van der Waals surface area contributed by atoms with Crippen molar-refractivity contribution in [2.45, 2.75) is 24.7 Å². The van der Waals surface area contributed by atoms with Crippen LogP contribution in [0.25, 0.3) is 0 Å². The van der Waals surface area contributed by atoms with E-state index in [2.05, 4.69) is 5.32 Å². The van der Waals surface area contributed by atoms with Gasteiger partial charge in [0.2, 0.25) is 11.6 Å². The van der Waals surface area contributed by atoms with Gasteiger partial charge in [-0.3, -0.25) is 9.59 Å². The molecule has 0 aromatic carbocycles. The number of nitrogens with two attached hydrogens (primary N) is 1. The highest BCUT2D eigenvalue weighted by Crippen LogP contribution is 2.55. The molecule has 0 saturated carbocycles. The van der Waals surface area contributed by atoms with Gasteiger partial charge < -0.3 is 30.3 Å². The van der Waals surface area contributed by atoms with Gasteiger partial charge in [-0.2, -0.15) is 0 Å². The van der Waals surface area contributed by atoms with E-state index in [1.165, 1.54) is 0 Å². The van der Waals surface area contributed by atoms with E-state index in [1.54, 1.807) is 33.0 Å². The Labute approximate surface area is 150 Å². The fourth-order valence-corrected chi connectivity index (χ4v) is 4.82. The molecule has 4 atom stereocenters. The molecule has 0 radical (unpaired) electrons. The fourth-order valence-electron chi connectivity index (χ4n) is 4.82. The molecule has 3 N–H and O–H groups in total. The largest absolute Gasteiger partial charge is 0.449 e. The summed E-state index contributed by atoms with van der Waals surface area (Å²) in [6.45, 7) is 2.10. The molecule has 3 heterocycles. The van der Waals surface area contributed by atoms with E-state index in [9.17, 15) is 14.4 Å². The van der Waals surface area contributed by atoms with Gasteiger partial charge in [-0.05, 0) is 6.92 Å². The van der Waals surface area contributed by atoms with Crippen LogP contribution in [-0.4, -0.2) is 79.6 Å². The first-order valence-corrected chi connectivity index (χ1v) is 8.48. The molecular formula is C17H22N4O5. The fraction of sp³-hybridized carbons (Fsp3) is 0.588. The van der Waals surface area contributed by atoms with Gasteiger partial charge in [-0.1, -0.05) is 0 Å². The summed E-state index contributed by atoms with van der Waals surface area (Å²) >= 11 is 0. The second kappa shape index (κ2) is 5.31. The summed E-state index contributed by atoms with van der Waals surface area (Å²) < 4.78 is 11.0. The van der Waals surface area contributed by atoms with Crippen LogP contribution in [0, 0.1) is 5.92 Å². The summed E-state index contributed by atoms with van der Waals surface area (Å²) in [6.07, 6.45) is -0.927. The number of ketones is 2. The van der Waals surface area contributed by atoms with Gasteiger partial charge in [0.05, 0.1) is 23.4 Å². The molecule has 0 aromatic rings. The van der Waals surface area contributed by atoms with Crippen molar-refractivity contribution in [3.05, 3.63) is 22.5 Å². The van der Waals surface area contributed by atoms with Crippen LogP contribution in [0.1, 0.15) is 6.92 Å². The predicted octanol–water partition coefficient (Wildman–Crippen LogP) is -1.05. The SMILES string of the molecule is CO[C@@]12[C@H](COC(N)=O)C3=C(C(=O)C(C)=C(N(C)C)C3=O)N1C[C@@H]1N[C@@H]12. The molecule has 4 rings (SSSR count). The Hall–Kier alpha value is -2.39. The van der Waals surface area contributed by atoms with Crippen molar-refractivity contribution in [2.75, 3.05) is 34.4 Å². The van der Waals surface area contributed by atoms with Crippen LogP contribution >= 0.6 is 0 Å². The zero-order chi connectivity index (χ0) is 19.0. The zero-order valence-corrected chi connectivity index (χ0v) is 15.2. The number of carbonyl (C=O) groups is 3. The van der Waals surface area contributed by atoms with Crippen LogP contribution in [0.2, 0.25) is 0 Å². The van der Waals surface area contributed by atoms with Gasteiger partial charge in [0.15, 0.2) is 5.72 Å². The number of rotatable bonds is 4. The monoisotopic (exact) mass is 362 g/mol. The Morgan fingerprint density at radius 2 is 2.08 bits per heavy atom. The minimum atomic E-state index is -0.932. The molecule has 1 aliphatic carbocycles. The van der Waals surface area contributed by atoms with Crippen molar-refractivity contribution in [1.29, 1.82) is 0 Å². The van der Waals surface area contributed by atoms with Crippen molar-refractivity contribution in [1.82, 2.24) is 15.1 Å². The minimum absolute atomic E-state index is 0.0386. The van der Waals surface area contributed by atoms with Gasteiger partial charge in [-0.15, -0.1) is 0 Å². The highest BCUT2D eigenvalue weighted by Gasteiger charge is 2.72. The number of fused-ring (bicyclic) bond motifs is 4. The van der Waals surface area contributed by atoms with Crippen LogP contribution < -0.4 is 11.1 Å². The van der Waals surface area contributed by atoms with Gasteiger partial charge in [0, 0.05) is 44.9 Å². The highest BCUT2D eigenvalue weighted by molar-refractivity contribution is 6.25. The number of primary amides is 1. The van der Waals surface area contributed by atoms with Crippen molar-refractivity contribution in [3.8, 4) is 0 Å². The molecule has 2 saturated heterocycles. The number of hydrogen-bond donors (Lipinski definition) is 2. The van der Waals surface area contributed by atoms with E-state index in [4.69, 9.17) is 15.2 Å². The molecule has 3 aliphatic heterocycles. The first-order chi connectivity index (χ1) is 12.3. The van der Waals surface area contributed by atoms with E-state index < -0.39 is 17.7 Å². The summed E-state index contributed by atoms with van der Waals surface area (Å²) in [5, 5.41) is 3.32. The topological polar surface area (TPSA) is 124 Å². The number of amides is 1. The van der Waals surface area contributed by atoms with Gasteiger partial charge in [0.1, 0.15) is 6.61 Å². The Balaban J connectivity index is 1.85. The van der Waals surface area contributed by atoms with E-state index in [-0.39, 0.29) is 30.3 Å². The van der Waals surface area contributed by atoms with E-state index in [0.29, 0.717) is 29.1 Å². The first kappa shape index (κ1) is 17.0. The van der Waals surface area contributed by atoms with Crippen LogP contribution in [0.3, 0.4) is 0 Å². The number of carbonyl (C=O) groups excluding carboxylic acids is 3. The van der Waals surface area contributed by atoms with Crippen LogP contribution in [0.15, 0.2) is 22.5 Å². The molecule has 140 valence electrons. The Morgan fingerprint density at radius 3 is 2.65 bits per heavy atom. The molecule has 0 bridgehead atoms. The maximum Gasteiger partial charge on any atom is 0.404 e. The lowest BCUT2D eigenvalue weighted by Gasteiger charge is -2.39. The standard InChI is InChI=1S/C17H22N4O5/c1-7-11(20(2)3)14(23)10-8(6-26-16(18)24)17(25-4)15-9(19-15)5-21(17)12(10)13(7)22/h8-9,15,19H,5-6H2,1-4H3,(H2,18,24)/t8-,9+,15+,17-/m1/s1. The molecule has 1 amide bonds. The number of nitrogens with one attached hydrogen (secondary N) is 1. The number of likely N-dealkylation sites (N-methyl/N-ethyl adjacent to an activating group) is 1. The zero-order valence-electron chi connectivity index (χ0n) is 15.2. The third kappa shape index (κ3) is 1.89. The van der Waals surface area contributed by atoms with Crippen molar-refractivity contribution in [3.63, 3.8) is 0 Å². The summed E-state index contributed by atoms with van der Waals surface area (Å²) in [5.41, 5.74) is 5.69. The Morgan fingerprint density at radius 1 is 1.38 bits per heavy atom. The van der Waals surface area contributed by atoms with Crippen molar-refractivity contribution >= 4 is 17.7 Å². The number of methoxy groups -OCH3 is 1. The summed E-state index contributed by atoms with van der Waals surface area (Å²) in [5.74, 6) is -1.02. The third-order valence-electron chi connectivity index (χ3n) is 5.84. The average Bonchev–Trinajstić information content (AvgIpc) is 3.17. The molecular weight excluding hydrogens is 340 g/mol. The number of piperazine rings is 1. The second-order valence-electron chi connectivity index (χ2n) is 7.29. The van der Waals surface area contributed by atoms with Gasteiger partial charge in [-0.25, -0.2) is 4.79 Å². The molecule has 0 spiro atoms. The maximum absolute atomic E-state index is 13.3. The number of allylic oxidation sites excluding steroid dienone is 2. The molecule has 0 unspecified atom stereocenters. The molecule has 9 heteroatoms. The van der Waals surface area contributed by atoms with E-state index in [0.717, 1.165) is 0 Å². The van der Waals surface area contributed by atoms with E-state index >= 15 is 0 Å². The minimum Gasteiger partial charge on any atom is -0.449 e. The maximum atomic E-state index is 13.3. The lowest BCUT2D eigenvalue weighted by molar-refractivity contribution is -0.137. The average molecular weight is 362 g/mol. The quantitative estimate of drug-likeness (QED) is 0.480. The Bertz CT molecular complexity index is 801. The van der Waals surface area contributed by atoms with E-state index in [1.807, 2.05) is 4.90 Å². The lowest BCUT2D eigenvalue weighted by Crippen LogP contribution is -2.55. The van der Waals surface area contributed by atoms with Gasteiger partial charge >= 0.3 is 6.09 Å². The van der Waals surface area contributed by atoms with Crippen LogP contribution in [0.5, 0.6) is 0 Å². The number of nitrogens with zero attached hydrogens (tertiary/aromatic N) is 2. The van der Waals surface area contributed by atoms with Gasteiger partial charge in [0.25, 0.3) is 0 Å². The molecule has 9 nitrogen and oxygen atoms in total. The number of hydrogen-bond acceptors (Lipinski definition) is 8. The molecule has 4 aliphatic rings. The lowest BCUT2D eigenvalue weighted by atomic mass is 9.82. The van der Waals surface area contributed by atoms with Crippen LogP contribution in [0.4, 0.5) is 4.79 Å². The first-order valence-electron chi connectivity index (χ1n) is 8.48. The highest BCUT2D eigenvalue weighted by atomic mass is 16.6. The van der Waals surface area contributed by atoms with Crippen molar-refractivity contribution in [2.24, 2.45) is 11.7 Å². The summed E-state index contributed by atoms with van der Waals surface area (Å²) in [4.78, 5) is 41.1. The molecule has 0 aromatic heterocycles. The summed E-state index contributed by atoms with van der Waals surface area (Å²) in [6, 6.07) is 0.144. The predicted molar refractivity (Wildman–Crippen MR) is 89.6 cm³/mol. The normalized spacial score (nSPS) is 34.8. The smallest absolute Gasteiger partial charge is 0.404 e. The second-order valence-corrected chi connectivity index (χ2v) is 7.29. The molecule has 26 heavy (non-hydrogen) atoms. The van der Waals surface area contributed by atoms with Crippen molar-refractivity contribution < 1.29 is 23.9 Å². The third-order valence-corrected chi connectivity index (χ3v) is 5.84. The van der Waals surface area contributed by atoms with Crippen LogP contribution in [-0.2, 0) is 19.1 Å². The molecule has 2 fully saturated rings. The summed E-state index contributed by atoms with van der Waals surface area (Å²) in [7, 11) is 5.00. The number of ether oxygens (including phenoxy) is 2. The Kier molecular flexibility index (Phi) is 3.48.